The topological polar surface area (TPSA) is 106 Å². The average Bonchev–Trinajstić information content (AvgIpc) is 2.80. The van der Waals surface area contributed by atoms with Crippen molar-refractivity contribution in [3.05, 3.63) is 60.4 Å². The van der Waals surface area contributed by atoms with Crippen molar-refractivity contribution in [2.45, 2.75) is 25.5 Å². The van der Waals surface area contributed by atoms with Gasteiger partial charge >= 0.3 is 0 Å². The molecule has 32 heavy (non-hydrogen) atoms. The van der Waals surface area contributed by atoms with Crippen LogP contribution in [0.5, 0.6) is 11.5 Å². The second-order valence-corrected chi connectivity index (χ2v) is 7.66. The van der Waals surface area contributed by atoms with Gasteiger partial charge in [0.15, 0.2) is 24.3 Å². The van der Waals surface area contributed by atoms with Gasteiger partial charge in [-0.15, -0.1) is 0 Å². The lowest BCUT2D eigenvalue weighted by atomic mass is 10.2. The lowest BCUT2D eigenvalue weighted by Gasteiger charge is -2.20. The van der Waals surface area contributed by atoms with Crippen molar-refractivity contribution in [3.63, 3.8) is 0 Å². The molecule has 0 aliphatic rings. The highest BCUT2D eigenvalue weighted by atomic mass is 32.2. The molecular formula is C22H26FN3O5S. The number of amides is 3. The molecule has 0 heterocycles. The number of carbonyl (C=O) groups is 3. The molecule has 3 N–H and O–H groups in total. The summed E-state index contributed by atoms with van der Waals surface area (Å²) in [6.07, 6.45) is 1.16. The Balaban J connectivity index is 1.84. The standard InChI is InChI=1S/C22H26FN3O5S/c1-15(31-19-11-7-6-10-17(19)23)21(28)25-26-22(29)18(12-13-32-2)24-20(27)14-30-16-8-4-3-5-9-16/h3-11,15,18H,12-14H2,1-2H3,(H,24,27)(H,25,28)(H,26,29). The molecule has 0 saturated heterocycles. The van der Waals surface area contributed by atoms with Crippen molar-refractivity contribution in [1.29, 1.82) is 0 Å². The van der Waals surface area contributed by atoms with E-state index in [1.165, 1.54) is 36.9 Å². The first-order chi connectivity index (χ1) is 15.4. The predicted molar refractivity (Wildman–Crippen MR) is 120 cm³/mol. The van der Waals surface area contributed by atoms with Crippen molar-refractivity contribution >= 4 is 29.5 Å². The molecule has 0 fully saturated rings. The number of hydrazine groups is 1. The SMILES string of the molecule is CSCCC(NC(=O)COc1ccccc1)C(=O)NNC(=O)C(C)Oc1ccccc1F. The fraction of sp³-hybridized carbons (Fsp3) is 0.318. The summed E-state index contributed by atoms with van der Waals surface area (Å²) in [6, 6.07) is 13.6. The lowest BCUT2D eigenvalue weighted by Crippen LogP contribution is -2.55. The number of ether oxygens (including phenoxy) is 2. The Hall–Kier alpha value is -3.27. The zero-order valence-corrected chi connectivity index (χ0v) is 18.6. The van der Waals surface area contributed by atoms with Gasteiger partial charge in [0.25, 0.3) is 17.7 Å². The quantitative estimate of drug-likeness (QED) is 0.441. The Morgan fingerprint density at radius 2 is 1.66 bits per heavy atom. The number of nitrogens with one attached hydrogen (secondary N) is 3. The third-order valence-electron chi connectivity index (χ3n) is 4.19. The Labute approximate surface area is 190 Å². The zero-order chi connectivity index (χ0) is 23.3. The largest absolute Gasteiger partial charge is 0.484 e. The van der Waals surface area contributed by atoms with Crippen molar-refractivity contribution in [2.24, 2.45) is 0 Å². The van der Waals surface area contributed by atoms with Gasteiger partial charge in [0, 0.05) is 0 Å². The van der Waals surface area contributed by atoms with Gasteiger partial charge in [0.2, 0.25) is 0 Å². The van der Waals surface area contributed by atoms with Crippen LogP contribution >= 0.6 is 11.8 Å². The highest BCUT2D eigenvalue weighted by molar-refractivity contribution is 7.98. The van der Waals surface area contributed by atoms with Gasteiger partial charge in [-0.3, -0.25) is 25.2 Å². The van der Waals surface area contributed by atoms with Gasteiger partial charge in [-0.1, -0.05) is 30.3 Å². The Morgan fingerprint density at radius 1 is 1.00 bits per heavy atom. The van der Waals surface area contributed by atoms with Crippen LogP contribution in [0.3, 0.4) is 0 Å². The second kappa shape index (κ2) is 13.2. The minimum Gasteiger partial charge on any atom is -0.484 e. The number of thioether (sulfide) groups is 1. The molecule has 2 aromatic carbocycles. The summed E-state index contributed by atoms with van der Waals surface area (Å²) in [6.45, 7) is 1.16. The summed E-state index contributed by atoms with van der Waals surface area (Å²) in [5.74, 6) is -1.29. The maximum atomic E-state index is 13.7. The van der Waals surface area contributed by atoms with E-state index >= 15 is 0 Å². The van der Waals surface area contributed by atoms with Crippen LogP contribution in [0.25, 0.3) is 0 Å². The summed E-state index contributed by atoms with van der Waals surface area (Å²) >= 11 is 1.51. The van der Waals surface area contributed by atoms with Crippen LogP contribution in [0, 0.1) is 5.82 Å². The maximum Gasteiger partial charge on any atom is 0.279 e. The van der Waals surface area contributed by atoms with Crippen molar-refractivity contribution in [3.8, 4) is 11.5 Å². The van der Waals surface area contributed by atoms with E-state index in [1.807, 2.05) is 12.3 Å². The molecule has 8 nitrogen and oxygen atoms in total. The highest BCUT2D eigenvalue weighted by Crippen LogP contribution is 2.16. The van der Waals surface area contributed by atoms with E-state index in [0.717, 1.165) is 0 Å². The van der Waals surface area contributed by atoms with Gasteiger partial charge < -0.3 is 14.8 Å². The molecule has 2 unspecified atom stereocenters. The minimum atomic E-state index is -1.06. The summed E-state index contributed by atoms with van der Waals surface area (Å²) < 4.78 is 24.3. The minimum absolute atomic E-state index is 0.0787. The van der Waals surface area contributed by atoms with Gasteiger partial charge in [-0.25, -0.2) is 4.39 Å². The molecule has 0 aliphatic carbocycles. The van der Waals surface area contributed by atoms with E-state index in [9.17, 15) is 18.8 Å². The van der Waals surface area contributed by atoms with E-state index in [2.05, 4.69) is 16.2 Å². The molecule has 0 aliphatic heterocycles. The number of hydrogen-bond donors (Lipinski definition) is 3. The van der Waals surface area contributed by atoms with Crippen LogP contribution < -0.4 is 25.6 Å². The Kier molecular flexibility index (Phi) is 10.3. The van der Waals surface area contributed by atoms with Crippen LogP contribution in [0.1, 0.15) is 13.3 Å². The van der Waals surface area contributed by atoms with E-state index < -0.39 is 35.7 Å². The lowest BCUT2D eigenvalue weighted by molar-refractivity contribution is -0.134. The number of carbonyl (C=O) groups excluding carboxylic acids is 3. The Bertz CT molecular complexity index is 900. The molecule has 172 valence electrons. The van der Waals surface area contributed by atoms with Crippen LogP contribution in [0.4, 0.5) is 4.39 Å². The maximum absolute atomic E-state index is 13.7. The van der Waals surface area contributed by atoms with Crippen molar-refractivity contribution < 1.29 is 28.2 Å². The summed E-state index contributed by atoms with van der Waals surface area (Å²) in [4.78, 5) is 36.9. The number of hydrogen-bond acceptors (Lipinski definition) is 6. The zero-order valence-electron chi connectivity index (χ0n) is 17.8. The first kappa shape index (κ1) is 25.0. The van der Waals surface area contributed by atoms with Crippen molar-refractivity contribution in [2.75, 3.05) is 18.6 Å². The molecule has 0 spiro atoms. The number of halogens is 1. The van der Waals surface area contributed by atoms with Crippen molar-refractivity contribution in [1.82, 2.24) is 16.2 Å². The predicted octanol–water partition coefficient (Wildman–Crippen LogP) is 2.06. The molecule has 10 heteroatoms. The fourth-order valence-electron chi connectivity index (χ4n) is 2.50. The number of rotatable bonds is 11. The first-order valence-electron chi connectivity index (χ1n) is 9.87. The van der Waals surface area contributed by atoms with Gasteiger partial charge in [-0.05, 0) is 49.6 Å². The third-order valence-corrected chi connectivity index (χ3v) is 4.84. The molecule has 2 rings (SSSR count). The van der Waals surface area contributed by atoms with Crippen LogP contribution in [-0.2, 0) is 14.4 Å². The summed E-state index contributed by atoms with van der Waals surface area (Å²) in [5, 5.41) is 2.60. The molecule has 0 saturated carbocycles. The molecule has 2 aromatic rings. The molecule has 2 atom stereocenters. The number of benzene rings is 2. The van der Waals surface area contributed by atoms with E-state index in [1.54, 1.807) is 30.3 Å². The van der Waals surface area contributed by atoms with E-state index in [4.69, 9.17) is 9.47 Å². The molecule has 0 aromatic heterocycles. The number of para-hydroxylation sites is 2. The normalized spacial score (nSPS) is 12.2. The van der Waals surface area contributed by atoms with Crippen LogP contribution in [-0.4, -0.2) is 48.5 Å². The van der Waals surface area contributed by atoms with E-state index in [0.29, 0.717) is 17.9 Å². The third kappa shape index (κ3) is 8.46. The van der Waals surface area contributed by atoms with Crippen LogP contribution in [0.2, 0.25) is 0 Å². The molecular weight excluding hydrogens is 437 g/mol. The Morgan fingerprint density at radius 3 is 2.34 bits per heavy atom. The first-order valence-corrected chi connectivity index (χ1v) is 11.3. The van der Waals surface area contributed by atoms with Gasteiger partial charge in [0.1, 0.15) is 11.8 Å². The van der Waals surface area contributed by atoms with Gasteiger partial charge in [-0.2, -0.15) is 11.8 Å². The average molecular weight is 464 g/mol. The molecule has 0 bridgehead atoms. The smallest absolute Gasteiger partial charge is 0.279 e. The summed E-state index contributed by atoms with van der Waals surface area (Å²) in [7, 11) is 0. The summed E-state index contributed by atoms with van der Waals surface area (Å²) in [5.41, 5.74) is 4.51. The molecule has 0 radical (unpaired) electrons. The van der Waals surface area contributed by atoms with Crippen LogP contribution in [0.15, 0.2) is 54.6 Å². The second-order valence-electron chi connectivity index (χ2n) is 6.67. The fourth-order valence-corrected chi connectivity index (χ4v) is 2.97. The molecule has 3 amide bonds. The highest BCUT2D eigenvalue weighted by Gasteiger charge is 2.23. The monoisotopic (exact) mass is 463 g/mol. The van der Waals surface area contributed by atoms with E-state index in [-0.39, 0.29) is 12.4 Å². The van der Waals surface area contributed by atoms with Gasteiger partial charge in [0.05, 0.1) is 0 Å².